The molecule has 2 heteroatoms. The van der Waals surface area contributed by atoms with E-state index < -0.39 is 0 Å². The van der Waals surface area contributed by atoms with Gasteiger partial charge in [0.05, 0.1) is 11.9 Å². The molecule has 0 aromatic heterocycles. The fourth-order valence-electron chi connectivity index (χ4n) is 0.856. The molecule has 0 spiro atoms. The van der Waals surface area contributed by atoms with E-state index in [1.165, 1.54) is 0 Å². The van der Waals surface area contributed by atoms with E-state index in [9.17, 15) is 0 Å². The highest BCUT2D eigenvalue weighted by Crippen LogP contribution is 2.05. The topological polar surface area (TPSA) is 38.4 Å². The quantitative estimate of drug-likeness (QED) is 0.600. The van der Waals surface area contributed by atoms with Crippen LogP contribution in [-0.2, 0) is 0 Å². The molecular formula is C9H12N2. The van der Waals surface area contributed by atoms with Gasteiger partial charge in [0.25, 0.3) is 0 Å². The maximum atomic E-state index is 5.50. The largest absolute Gasteiger partial charge is 0.310 e. The van der Waals surface area contributed by atoms with E-state index in [0.29, 0.717) is 0 Å². The van der Waals surface area contributed by atoms with E-state index in [1.807, 2.05) is 31.2 Å². The summed E-state index contributed by atoms with van der Waals surface area (Å²) < 4.78 is 0. The number of rotatable bonds is 1. The number of allylic oxidation sites excluding steroid dienone is 5. The Morgan fingerprint density at radius 1 is 1.45 bits per heavy atom. The predicted octanol–water partition coefficient (Wildman–Crippen LogP) is 1.41. The van der Waals surface area contributed by atoms with Gasteiger partial charge in [-0.15, -0.1) is 0 Å². The van der Waals surface area contributed by atoms with Crippen LogP contribution in [0.3, 0.4) is 0 Å². The van der Waals surface area contributed by atoms with Crippen molar-refractivity contribution >= 4 is 5.71 Å². The van der Waals surface area contributed by atoms with E-state index in [-0.39, 0.29) is 6.17 Å². The Labute approximate surface area is 66.8 Å². The highest BCUT2D eigenvalue weighted by molar-refractivity contribution is 6.11. The molecular weight excluding hydrogens is 136 g/mol. The molecule has 0 saturated heterocycles. The Balaban J connectivity index is 2.81. The van der Waals surface area contributed by atoms with Gasteiger partial charge < -0.3 is 5.73 Å². The summed E-state index contributed by atoms with van der Waals surface area (Å²) in [5.74, 6) is 0. The van der Waals surface area contributed by atoms with Crippen LogP contribution < -0.4 is 5.73 Å². The summed E-state index contributed by atoms with van der Waals surface area (Å²) in [6, 6.07) is 0. The minimum atomic E-state index is -0.155. The number of aliphatic imine (C=N–C) groups is 1. The average molecular weight is 148 g/mol. The van der Waals surface area contributed by atoms with Crippen LogP contribution in [0.25, 0.3) is 0 Å². The lowest BCUT2D eigenvalue weighted by molar-refractivity contribution is 0.794. The van der Waals surface area contributed by atoms with Crippen molar-refractivity contribution in [3.05, 3.63) is 36.5 Å². The van der Waals surface area contributed by atoms with Crippen molar-refractivity contribution in [2.75, 3.05) is 0 Å². The molecule has 0 saturated carbocycles. The van der Waals surface area contributed by atoms with Crippen LogP contribution in [0.2, 0.25) is 0 Å². The van der Waals surface area contributed by atoms with E-state index in [0.717, 1.165) is 11.3 Å². The van der Waals surface area contributed by atoms with Gasteiger partial charge in [0.1, 0.15) is 0 Å². The zero-order valence-corrected chi connectivity index (χ0v) is 6.62. The third-order valence-corrected chi connectivity index (χ3v) is 1.33. The Bertz CT molecular complexity index is 244. The van der Waals surface area contributed by atoms with Gasteiger partial charge >= 0.3 is 0 Å². The lowest BCUT2D eigenvalue weighted by atomic mass is 10.1. The summed E-state index contributed by atoms with van der Waals surface area (Å²) in [4.78, 5) is 4.17. The van der Waals surface area contributed by atoms with Gasteiger partial charge in [-0.1, -0.05) is 24.8 Å². The predicted molar refractivity (Wildman–Crippen MR) is 48.5 cm³/mol. The van der Waals surface area contributed by atoms with E-state index >= 15 is 0 Å². The van der Waals surface area contributed by atoms with Crippen molar-refractivity contribution < 1.29 is 0 Å². The second-order valence-electron chi connectivity index (χ2n) is 2.50. The van der Waals surface area contributed by atoms with Crippen LogP contribution in [0.15, 0.2) is 41.4 Å². The van der Waals surface area contributed by atoms with Gasteiger partial charge in [-0.3, -0.25) is 4.99 Å². The summed E-state index contributed by atoms with van der Waals surface area (Å²) in [6.45, 7) is 5.66. The first-order chi connectivity index (χ1) is 5.20. The zero-order chi connectivity index (χ0) is 8.27. The van der Waals surface area contributed by atoms with Gasteiger partial charge in [-0.05, 0) is 18.6 Å². The third kappa shape index (κ3) is 2.16. The first-order valence-corrected chi connectivity index (χ1v) is 3.57. The number of nitrogens with two attached hydrogens (primary N) is 1. The first-order valence-electron chi connectivity index (χ1n) is 3.57. The molecule has 0 radical (unpaired) electrons. The minimum Gasteiger partial charge on any atom is -0.310 e. The minimum absolute atomic E-state index is 0.155. The van der Waals surface area contributed by atoms with Gasteiger partial charge in [0.15, 0.2) is 0 Å². The maximum Gasteiger partial charge on any atom is 0.0948 e. The van der Waals surface area contributed by atoms with Crippen LogP contribution in [0, 0.1) is 0 Å². The molecule has 1 aliphatic carbocycles. The van der Waals surface area contributed by atoms with Gasteiger partial charge in [-0.25, -0.2) is 0 Å². The molecule has 1 unspecified atom stereocenters. The van der Waals surface area contributed by atoms with Gasteiger partial charge in [-0.2, -0.15) is 0 Å². The van der Waals surface area contributed by atoms with Crippen LogP contribution in [-0.4, -0.2) is 11.9 Å². The van der Waals surface area contributed by atoms with Crippen LogP contribution in [0.5, 0.6) is 0 Å². The lowest BCUT2D eigenvalue weighted by Crippen LogP contribution is -2.14. The normalized spacial score (nSPS) is 22.7. The Morgan fingerprint density at radius 2 is 2.09 bits per heavy atom. The lowest BCUT2D eigenvalue weighted by Gasteiger charge is -2.05. The van der Waals surface area contributed by atoms with E-state index in [2.05, 4.69) is 11.6 Å². The number of hydrogen-bond donors (Lipinski definition) is 1. The SMILES string of the molecule is C=C1C=CC=C/C1=N/C(C)N. The molecule has 1 atom stereocenters. The summed E-state index contributed by atoms with van der Waals surface area (Å²) >= 11 is 0. The molecule has 1 rings (SSSR count). The Morgan fingerprint density at radius 3 is 2.64 bits per heavy atom. The van der Waals surface area contributed by atoms with Crippen molar-refractivity contribution in [2.45, 2.75) is 13.1 Å². The van der Waals surface area contributed by atoms with Crippen molar-refractivity contribution in [2.24, 2.45) is 10.7 Å². The molecule has 0 bridgehead atoms. The maximum absolute atomic E-state index is 5.50. The summed E-state index contributed by atoms with van der Waals surface area (Å²) in [7, 11) is 0. The van der Waals surface area contributed by atoms with E-state index in [4.69, 9.17) is 5.73 Å². The number of hydrogen-bond acceptors (Lipinski definition) is 2. The molecule has 0 amide bonds. The second kappa shape index (κ2) is 3.30. The average Bonchev–Trinajstić information content (AvgIpc) is 1.93. The zero-order valence-electron chi connectivity index (χ0n) is 6.62. The third-order valence-electron chi connectivity index (χ3n) is 1.33. The fourth-order valence-corrected chi connectivity index (χ4v) is 0.856. The molecule has 1 aliphatic rings. The molecule has 2 N–H and O–H groups in total. The number of nitrogens with zero attached hydrogens (tertiary/aromatic N) is 1. The van der Waals surface area contributed by atoms with Crippen LogP contribution in [0.1, 0.15) is 6.92 Å². The first kappa shape index (κ1) is 7.95. The van der Waals surface area contributed by atoms with Crippen molar-refractivity contribution in [1.82, 2.24) is 0 Å². The van der Waals surface area contributed by atoms with E-state index in [1.54, 1.807) is 0 Å². The molecule has 0 aromatic carbocycles. The molecule has 58 valence electrons. The monoisotopic (exact) mass is 148 g/mol. The summed E-state index contributed by atoms with van der Waals surface area (Å²) in [5.41, 5.74) is 7.30. The van der Waals surface area contributed by atoms with Crippen molar-refractivity contribution in [3.63, 3.8) is 0 Å². The van der Waals surface area contributed by atoms with Gasteiger partial charge in [0, 0.05) is 0 Å². The molecule has 0 fully saturated rings. The Hall–Kier alpha value is -1.15. The molecule has 0 aromatic rings. The van der Waals surface area contributed by atoms with Crippen LogP contribution in [0.4, 0.5) is 0 Å². The fraction of sp³-hybridized carbons (Fsp3) is 0.222. The second-order valence-corrected chi connectivity index (χ2v) is 2.50. The molecule has 2 nitrogen and oxygen atoms in total. The smallest absolute Gasteiger partial charge is 0.0948 e. The standard InChI is InChI=1S/C9H12N2/c1-7-5-3-4-6-9(7)11-8(2)10/h3-6,8H,1,10H2,2H3/b11-9-. The van der Waals surface area contributed by atoms with Crippen molar-refractivity contribution in [3.8, 4) is 0 Å². The highest BCUT2D eigenvalue weighted by Gasteiger charge is 2.00. The van der Waals surface area contributed by atoms with Crippen LogP contribution >= 0.6 is 0 Å². The Kier molecular flexibility index (Phi) is 2.39. The summed E-state index contributed by atoms with van der Waals surface area (Å²) in [6.07, 6.45) is 7.53. The highest BCUT2D eigenvalue weighted by atomic mass is 14.9. The molecule has 11 heavy (non-hydrogen) atoms. The van der Waals surface area contributed by atoms with Gasteiger partial charge in [0.2, 0.25) is 0 Å². The van der Waals surface area contributed by atoms with Crippen molar-refractivity contribution in [1.29, 1.82) is 0 Å². The summed E-state index contributed by atoms with van der Waals surface area (Å²) in [5, 5.41) is 0. The molecule has 0 aliphatic heterocycles. The molecule has 0 heterocycles.